The predicted octanol–water partition coefficient (Wildman–Crippen LogP) is 3.89. The highest BCUT2D eigenvalue weighted by Crippen LogP contribution is 2.25. The number of nitrogens with one attached hydrogen (secondary N) is 2. The molecule has 1 aromatic heterocycles. The first-order valence-corrected chi connectivity index (χ1v) is 9.44. The molecule has 0 saturated heterocycles. The van der Waals surface area contributed by atoms with Crippen LogP contribution in [0.2, 0.25) is 0 Å². The van der Waals surface area contributed by atoms with Crippen molar-refractivity contribution >= 4 is 17.7 Å². The summed E-state index contributed by atoms with van der Waals surface area (Å²) in [6.45, 7) is 3.11. The molecule has 8 nitrogen and oxygen atoms in total. The lowest BCUT2D eigenvalue weighted by molar-refractivity contribution is -0.115. The Labute approximate surface area is 178 Å². The molecular weight excluding hydrogens is 403 g/mol. The van der Waals surface area contributed by atoms with E-state index in [1.54, 1.807) is 26.0 Å². The fourth-order valence-electron chi connectivity index (χ4n) is 2.65. The molecule has 160 valence electrons. The van der Waals surface area contributed by atoms with E-state index in [1.165, 1.54) is 12.1 Å². The second kappa shape index (κ2) is 10.1. The molecule has 0 radical (unpaired) electrons. The number of aryl methyl sites for hydroxylation is 2. The number of alkyl carbamates (subject to hydrolysis) is 1. The average molecular weight is 424 g/mol. The zero-order valence-electron chi connectivity index (χ0n) is 17.0. The molecule has 2 N–H and O–H groups in total. The number of carbonyl (C=O) groups is 2. The molecule has 0 unspecified atom stereocenters. The molecule has 0 atom stereocenters. The number of aromatic nitrogens is 2. The van der Waals surface area contributed by atoms with Crippen LogP contribution in [0.25, 0.3) is 0 Å². The maximum absolute atomic E-state index is 13.7. The smallest absolute Gasteiger partial charge is 0.407 e. The highest BCUT2D eigenvalue weighted by molar-refractivity contribution is 5.94. The van der Waals surface area contributed by atoms with Crippen LogP contribution in [0.1, 0.15) is 17.0 Å². The van der Waals surface area contributed by atoms with Gasteiger partial charge in [-0.2, -0.15) is 9.97 Å². The normalized spacial score (nSPS) is 10.3. The van der Waals surface area contributed by atoms with Crippen molar-refractivity contribution < 1.29 is 23.5 Å². The van der Waals surface area contributed by atoms with Crippen LogP contribution < -0.4 is 15.4 Å². The van der Waals surface area contributed by atoms with Crippen molar-refractivity contribution in [3.63, 3.8) is 0 Å². The number of halogens is 1. The van der Waals surface area contributed by atoms with Crippen molar-refractivity contribution in [1.82, 2.24) is 15.3 Å². The van der Waals surface area contributed by atoms with Gasteiger partial charge in [-0.05, 0) is 31.5 Å². The number of carbonyl (C=O) groups excluding carboxylic acids is 2. The summed E-state index contributed by atoms with van der Waals surface area (Å²) >= 11 is 0. The summed E-state index contributed by atoms with van der Waals surface area (Å²) < 4.78 is 24.2. The molecule has 0 aliphatic rings. The van der Waals surface area contributed by atoms with Gasteiger partial charge in [-0.1, -0.05) is 42.5 Å². The Morgan fingerprint density at radius 2 is 1.61 bits per heavy atom. The summed E-state index contributed by atoms with van der Waals surface area (Å²) in [4.78, 5) is 32.3. The van der Waals surface area contributed by atoms with Gasteiger partial charge in [0.1, 0.15) is 13.2 Å². The van der Waals surface area contributed by atoms with Gasteiger partial charge >= 0.3 is 12.1 Å². The zero-order chi connectivity index (χ0) is 22.2. The predicted molar refractivity (Wildman–Crippen MR) is 111 cm³/mol. The van der Waals surface area contributed by atoms with E-state index in [9.17, 15) is 14.0 Å². The third-order valence-corrected chi connectivity index (χ3v) is 4.16. The standard InChI is InChI=1S/C22H21FN4O4/c1-14-20(15(2)26-21(25-14)31-18-11-7-6-10-17(18)23)27-19(28)12-24-22(29)30-13-16-8-4-3-5-9-16/h3-11H,12-13H2,1-2H3,(H,24,29)(H,27,28). The Balaban J connectivity index is 1.53. The maximum atomic E-state index is 13.7. The molecule has 2 aromatic carbocycles. The van der Waals surface area contributed by atoms with E-state index in [0.29, 0.717) is 17.1 Å². The van der Waals surface area contributed by atoms with Crippen molar-refractivity contribution in [1.29, 1.82) is 0 Å². The Kier molecular flexibility index (Phi) is 7.10. The second-order valence-corrected chi connectivity index (χ2v) is 6.55. The summed E-state index contributed by atoms with van der Waals surface area (Å²) in [7, 11) is 0. The number of benzene rings is 2. The monoisotopic (exact) mass is 424 g/mol. The van der Waals surface area contributed by atoms with E-state index in [4.69, 9.17) is 9.47 Å². The second-order valence-electron chi connectivity index (χ2n) is 6.55. The van der Waals surface area contributed by atoms with Crippen LogP contribution in [0, 0.1) is 19.7 Å². The lowest BCUT2D eigenvalue weighted by atomic mass is 10.2. The maximum Gasteiger partial charge on any atom is 0.407 e. The minimum Gasteiger partial charge on any atom is -0.445 e. The Bertz CT molecular complexity index is 1050. The average Bonchev–Trinajstić information content (AvgIpc) is 2.76. The lowest BCUT2D eigenvalue weighted by Crippen LogP contribution is -2.33. The summed E-state index contributed by atoms with van der Waals surface area (Å²) in [6, 6.07) is 15.0. The van der Waals surface area contributed by atoms with Crippen LogP contribution in [0.4, 0.5) is 14.9 Å². The molecule has 0 aliphatic carbocycles. The van der Waals surface area contributed by atoms with Crippen LogP contribution in [0.3, 0.4) is 0 Å². The van der Waals surface area contributed by atoms with Gasteiger partial charge in [0, 0.05) is 0 Å². The molecule has 0 bridgehead atoms. The molecule has 9 heteroatoms. The van der Waals surface area contributed by atoms with Gasteiger partial charge in [0.15, 0.2) is 11.6 Å². The number of hydrogen-bond donors (Lipinski definition) is 2. The van der Waals surface area contributed by atoms with Gasteiger partial charge in [0.05, 0.1) is 17.1 Å². The number of anilines is 1. The first-order chi connectivity index (χ1) is 14.9. The van der Waals surface area contributed by atoms with E-state index in [-0.39, 0.29) is 24.9 Å². The number of ether oxygens (including phenoxy) is 2. The molecule has 0 fully saturated rings. The third-order valence-electron chi connectivity index (χ3n) is 4.16. The van der Waals surface area contributed by atoms with Crippen molar-refractivity contribution in [2.24, 2.45) is 0 Å². The first-order valence-electron chi connectivity index (χ1n) is 9.44. The highest BCUT2D eigenvalue weighted by Gasteiger charge is 2.15. The van der Waals surface area contributed by atoms with Gasteiger partial charge in [-0.15, -0.1) is 0 Å². The molecule has 2 amide bonds. The molecule has 0 saturated carbocycles. The molecule has 0 aliphatic heterocycles. The van der Waals surface area contributed by atoms with Crippen LogP contribution in [-0.2, 0) is 16.1 Å². The molecule has 3 aromatic rings. The van der Waals surface area contributed by atoms with Gasteiger partial charge in [0.25, 0.3) is 0 Å². The Morgan fingerprint density at radius 3 is 2.29 bits per heavy atom. The number of amides is 2. The van der Waals surface area contributed by atoms with Gasteiger partial charge in [-0.3, -0.25) is 4.79 Å². The van der Waals surface area contributed by atoms with Crippen molar-refractivity contribution in [2.75, 3.05) is 11.9 Å². The summed E-state index contributed by atoms with van der Waals surface area (Å²) in [5, 5.41) is 5.03. The fourth-order valence-corrected chi connectivity index (χ4v) is 2.65. The van der Waals surface area contributed by atoms with E-state index in [0.717, 1.165) is 5.56 Å². The molecule has 31 heavy (non-hydrogen) atoms. The van der Waals surface area contributed by atoms with E-state index in [1.807, 2.05) is 30.3 Å². The van der Waals surface area contributed by atoms with Crippen LogP contribution in [-0.4, -0.2) is 28.5 Å². The SMILES string of the molecule is Cc1nc(Oc2ccccc2F)nc(C)c1NC(=O)CNC(=O)OCc1ccccc1. The van der Waals surface area contributed by atoms with E-state index in [2.05, 4.69) is 20.6 Å². The van der Waals surface area contributed by atoms with Gasteiger partial charge < -0.3 is 20.1 Å². The summed E-state index contributed by atoms with van der Waals surface area (Å²) in [5.74, 6) is -1.02. The number of nitrogens with zero attached hydrogens (tertiary/aromatic N) is 2. The van der Waals surface area contributed by atoms with Crippen molar-refractivity contribution in [2.45, 2.75) is 20.5 Å². The highest BCUT2D eigenvalue weighted by atomic mass is 19.1. The summed E-state index contributed by atoms with van der Waals surface area (Å²) in [6.07, 6.45) is -0.711. The zero-order valence-corrected chi connectivity index (χ0v) is 17.0. The van der Waals surface area contributed by atoms with Crippen molar-refractivity contribution in [3.8, 4) is 11.8 Å². The van der Waals surface area contributed by atoms with Gasteiger partial charge in [-0.25, -0.2) is 9.18 Å². The van der Waals surface area contributed by atoms with Crippen LogP contribution in [0.15, 0.2) is 54.6 Å². The Hall–Kier alpha value is -4.01. The fraction of sp³-hybridized carbons (Fsp3) is 0.182. The first kappa shape index (κ1) is 21.7. The topological polar surface area (TPSA) is 102 Å². The summed E-state index contributed by atoms with van der Waals surface area (Å²) in [5.41, 5.74) is 2.08. The van der Waals surface area contributed by atoms with Crippen LogP contribution >= 0.6 is 0 Å². The molecule has 1 heterocycles. The van der Waals surface area contributed by atoms with Crippen molar-refractivity contribution in [3.05, 3.63) is 77.4 Å². The van der Waals surface area contributed by atoms with E-state index < -0.39 is 17.8 Å². The molecule has 3 rings (SSSR count). The Morgan fingerprint density at radius 1 is 0.968 bits per heavy atom. The van der Waals surface area contributed by atoms with Crippen LogP contribution in [0.5, 0.6) is 11.8 Å². The minimum absolute atomic E-state index is 0.00343. The molecular formula is C22H21FN4O4. The largest absolute Gasteiger partial charge is 0.445 e. The minimum atomic E-state index is -0.711. The quantitative estimate of drug-likeness (QED) is 0.597. The number of hydrogen-bond acceptors (Lipinski definition) is 6. The third kappa shape index (κ3) is 6.23. The number of rotatable bonds is 7. The van der Waals surface area contributed by atoms with E-state index >= 15 is 0 Å². The number of para-hydroxylation sites is 1. The molecule has 0 spiro atoms. The van der Waals surface area contributed by atoms with Gasteiger partial charge in [0.2, 0.25) is 5.91 Å². The lowest BCUT2D eigenvalue weighted by Gasteiger charge is -2.13.